The fourth-order valence-electron chi connectivity index (χ4n) is 2.31. The van der Waals surface area contributed by atoms with Crippen LogP contribution in [0.15, 0.2) is 24.3 Å². The molecule has 2 aliphatic rings. The Labute approximate surface area is 124 Å². The fraction of sp³-hybridized carbons (Fsp3) is 0.308. The molecule has 0 atom stereocenters. The van der Waals surface area contributed by atoms with Gasteiger partial charge in [0.15, 0.2) is 0 Å². The van der Waals surface area contributed by atoms with E-state index in [9.17, 15) is 14.4 Å². The normalized spacial score (nSPS) is 19.4. The molecule has 2 saturated heterocycles. The number of hydrogen-bond donors (Lipinski definition) is 0. The molecule has 3 rings (SSSR count). The number of halogens is 1. The van der Waals surface area contributed by atoms with Crippen molar-refractivity contribution in [3.05, 3.63) is 34.9 Å². The molecule has 104 valence electrons. The molecule has 7 heteroatoms. The first-order valence-corrected chi connectivity index (χ1v) is 7.46. The minimum absolute atomic E-state index is 0.129. The van der Waals surface area contributed by atoms with Crippen LogP contribution in [0.4, 0.5) is 4.79 Å². The maximum Gasteiger partial charge on any atom is 0.289 e. The minimum Gasteiger partial charge on any atom is -0.334 e. The van der Waals surface area contributed by atoms with Crippen LogP contribution >= 0.6 is 23.4 Å². The SMILES string of the molecule is O=C(c1cccc(Cl)c1)N1CC(N2C(=O)CSC2=O)C1. The quantitative estimate of drug-likeness (QED) is 0.836. The zero-order chi connectivity index (χ0) is 14.3. The molecule has 3 amide bonds. The van der Waals surface area contributed by atoms with E-state index >= 15 is 0 Å². The highest BCUT2D eigenvalue weighted by atomic mass is 35.5. The van der Waals surface area contributed by atoms with Crippen LogP contribution in [0.1, 0.15) is 10.4 Å². The van der Waals surface area contributed by atoms with E-state index in [2.05, 4.69) is 0 Å². The average Bonchev–Trinajstić information content (AvgIpc) is 2.69. The Hall–Kier alpha value is -1.53. The number of carbonyl (C=O) groups excluding carboxylic acids is 3. The van der Waals surface area contributed by atoms with E-state index in [1.54, 1.807) is 29.2 Å². The summed E-state index contributed by atoms with van der Waals surface area (Å²) < 4.78 is 0. The second-order valence-corrected chi connectivity index (χ2v) is 6.06. The number of rotatable bonds is 2. The molecule has 0 bridgehead atoms. The highest BCUT2D eigenvalue weighted by Gasteiger charge is 2.43. The molecule has 20 heavy (non-hydrogen) atoms. The first-order valence-electron chi connectivity index (χ1n) is 6.10. The van der Waals surface area contributed by atoms with Gasteiger partial charge in [-0.25, -0.2) is 0 Å². The first kappa shape index (κ1) is 13.5. The Morgan fingerprint density at radius 1 is 1.30 bits per heavy atom. The molecule has 0 radical (unpaired) electrons. The maximum atomic E-state index is 12.2. The van der Waals surface area contributed by atoms with Gasteiger partial charge in [0.1, 0.15) is 0 Å². The van der Waals surface area contributed by atoms with Crippen molar-refractivity contribution in [1.82, 2.24) is 9.80 Å². The maximum absolute atomic E-state index is 12.2. The molecule has 2 aliphatic heterocycles. The zero-order valence-electron chi connectivity index (χ0n) is 10.4. The van der Waals surface area contributed by atoms with Crippen LogP contribution in [0.5, 0.6) is 0 Å². The van der Waals surface area contributed by atoms with Gasteiger partial charge in [-0.1, -0.05) is 29.4 Å². The third-order valence-corrected chi connectivity index (χ3v) is 4.44. The van der Waals surface area contributed by atoms with Crippen LogP contribution in [-0.4, -0.2) is 51.7 Å². The summed E-state index contributed by atoms with van der Waals surface area (Å²) in [6, 6.07) is 6.55. The highest BCUT2D eigenvalue weighted by Crippen LogP contribution is 2.27. The summed E-state index contributed by atoms with van der Waals surface area (Å²) in [7, 11) is 0. The number of thioether (sulfide) groups is 1. The number of nitrogens with zero attached hydrogens (tertiary/aromatic N) is 2. The van der Waals surface area contributed by atoms with Crippen LogP contribution in [-0.2, 0) is 4.79 Å². The van der Waals surface area contributed by atoms with Crippen molar-refractivity contribution in [2.75, 3.05) is 18.8 Å². The van der Waals surface area contributed by atoms with Gasteiger partial charge in [0, 0.05) is 23.7 Å². The topological polar surface area (TPSA) is 57.7 Å². The predicted molar refractivity (Wildman–Crippen MR) is 75.8 cm³/mol. The smallest absolute Gasteiger partial charge is 0.289 e. The van der Waals surface area contributed by atoms with Gasteiger partial charge in [-0.05, 0) is 18.2 Å². The lowest BCUT2D eigenvalue weighted by molar-refractivity contribution is -0.128. The van der Waals surface area contributed by atoms with Gasteiger partial charge in [-0.3, -0.25) is 19.3 Å². The number of benzene rings is 1. The van der Waals surface area contributed by atoms with E-state index in [0.29, 0.717) is 23.7 Å². The molecule has 1 aromatic rings. The van der Waals surface area contributed by atoms with Crippen molar-refractivity contribution in [1.29, 1.82) is 0 Å². The fourth-order valence-corrected chi connectivity index (χ4v) is 3.27. The van der Waals surface area contributed by atoms with Crippen LogP contribution in [0.2, 0.25) is 5.02 Å². The van der Waals surface area contributed by atoms with E-state index in [1.165, 1.54) is 4.90 Å². The van der Waals surface area contributed by atoms with Gasteiger partial charge < -0.3 is 4.90 Å². The van der Waals surface area contributed by atoms with Gasteiger partial charge in [-0.2, -0.15) is 0 Å². The molecule has 0 aromatic heterocycles. The summed E-state index contributed by atoms with van der Waals surface area (Å²) in [4.78, 5) is 38.2. The standard InChI is InChI=1S/C13H11ClN2O3S/c14-9-3-1-2-8(4-9)12(18)15-5-10(6-15)16-11(17)7-20-13(16)19/h1-4,10H,5-7H2. The monoisotopic (exact) mass is 310 g/mol. The van der Waals surface area contributed by atoms with Gasteiger partial charge in [0.2, 0.25) is 5.91 Å². The highest BCUT2D eigenvalue weighted by molar-refractivity contribution is 8.14. The van der Waals surface area contributed by atoms with Gasteiger partial charge in [0.25, 0.3) is 11.1 Å². The van der Waals surface area contributed by atoms with E-state index < -0.39 is 0 Å². The van der Waals surface area contributed by atoms with Crippen LogP contribution < -0.4 is 0 Å². The molecule has 0 aliphatic carbocycles. The van der Waals surface area contributed by atoms with E-state index in [1.807, 2.05) is 0 Å². The molecule has 1 aromatic carbocycles. The summed E-state index contributed by atoms with van der Waals surface area (Å²) in [5.74, 6) is -0.0900. The third kappa shape index (κ3) is 2.29. The van der Waals surface area contributed by atoms with Crippen LogP contribution in [0, 0.1) is 0 Å². The predicted octanol–water partition coefficient (Wildman–Crippen LogP) is 1.86. The lowest BCUT2D eigenvalue weighted by atomic mass is 10.1. The number of amides is 3. The van der Waals surface area contributed by atoms with E-state index in [0.717, 1.165) is 11.8 Å². The van der Waals surface area contributed by atoms with Crippen molar-refractivity contribution >= 4 is 40.4 Å². The second kappa shape index (κ2) is 5.10. The number of likely N-dealkylation sites (tertiary alicyclic amines) is 1. The summed E-state index contributed by atoms with van der Waals surface area (Å²) in [6.45, 7) is 0.784. The summed E-state index contributed by atoms with van der Waals surface area (Å²) in [5.41, 5.74) is 0.518. The number of carbonyl (C=O) groups is 3. The zero-order valence-corrected chi connectivity index (χ0v) is 12.0. The van der Waals surface area contributed by atoms with Crippen molar-refractivity contribution in [3.63, 3.8) is 0 Å². The number of imide groups is 1. The molecule has 2 fully saturated rings. The molecule has 0 saturated carbocycles. The summed E-state index contributed by atoms with van der Waals surface area (Å²) in [6.07, 6.45) is 0. The van der Waals surface area contributed by atoms with Gasteiger partial charge in [0.05, 0.1) is 11.8 Å². The molecule has 0 unspecified atom stereocenters. The van der Waals surface area contributed by atoms with Crippen LogP contribution in [0.3, 0.4) is 0 Å². The average molecular weight is 311 g/mol. The Bertz CT molecular complexity index is 585. The van der Waals surface area contributed by atoms with E-state index in [-0.39, 0.29) is 28.8 Å². The molecular weight excluding hydrogens is 300 g/mol. The lowest BCUT2D eigenvalue weighted by Gasteiger charge is -2.42. The largest absolute Gasteiger partial charge is 0.334 e. The van der Waals surface area contributed by atoms with Gasteiger partial charge >= 0.3 is 0 Å². The second-order valence-electron chi connectivity index (χ2n) is 4.69. The van der Waals surface area contributed by atoms with Crippen molar-refractivity contribution in [2.24, 2.45) is 0 Å². The summed E-state index contributed by atoms with van der Waals surface area (Å²) in [5, 5.41) is 0.295. The van der Waals surface area contributed by atoms with Gasteiger partial charge in [-0.15, -0.1) is 0 Å². The Balaban J connectivity index is 1.64. The van der Waals surface area contributed by atoms with Crippen molar-refractivity contribution in [3.8, 4) is 0 Å². The van der Waals surface area contributed by atoms with Crippen molar-refractivity contribution in [2.45, 2.75) is 6.04 Å². The molecule has 0 spiro atoms. The first-order chi connectivity index (χ1) is 9.56. The molecule has 2 heterocycles. The molecular formula is C13H11ClN2O3S. The Morgan fingerprint density at radius 3 is 2.65 bits per heavy atom. The molecule has 5 nitrogen and oxygen atoms in total. The van der Waals surface area contributed by atoms with Crippen molar-refractivity contribution < 1.29 is 14.4 Å². The minimum atomic E-state index is -0.213. The third-order valence-electron chi connectivity index (χ3n) is 3.37. The van der Waals surface area contributed by atoms with Crippen LogP contribution in [0.25, 0.3) is 0 Å². The summed E-state index contributed by atoms with van der Waals surface area (Å²) >= 11 is 6.87. The lowest BCUT2D eigenvalue weighted by Crippen LogP contribution is -2.62. The Morgan fingerprint density at radius 2 is 2.05 bits per heavy atom. The van der Waals surface area contributed by atoms with E-state index in [4.69, 9.17) is 11.6 Å². The number of hydrogen-bond acceptors (Lipinski definition) is 4. The Kier molecular flexibility index (Phi) is 3.43. The molecule has 0 N–H and O–H groups in total.